The van der Waals surface area contributed by atoms with Gasteiger partial charge in [-0.05, 0) is 17.7 Å². The van der Waals surface area contributed by atoms with Crippen molar-refractivity contribution >= 4 is 33.0 Å². The second kappa shape index (κ2) is 5.79. The maximum atomic E-state index is 12.0. The third-order valence-electron chi connectivity index (χ3n) is 2.28. The molecular weight excluding hydrogens is 292 g/mol. The molecule has 0 aliphatic carbocycles. The van der Waals surface area contributed by atoms with Gasteiger partial charge in [0.1, 0.15) is 5.01 Å². The maximum Gasteiger partial charge on any atom is 0.240 e. The Morgan fingerprint density at radius 3 is 2.56 bits per heavy atom. The van der Waals surface area contributed by atoms with Crippen molar-refractivity contribution in [3.63, 3.8) is 0 Å². The fraction of sp³-hybridized carbons (Fsp3) is 0.182. The highest BCUT2D eigenvalue weighted by atomic mass is 35.5. The molecule has 0 amide bonds. The van der Waals surface area contributed by atoms with Gasteiger partial charge in [0.2, 0.25) is 10.0 Å². The molecule has 1 N–H and O–H groups in total. The van der Waals surface area contributed by atoms with Gasteiger partial charge in [-0.15, -0.1) is 22.9 Å². The van der Waals surface area contributed by atoms with Gasteiger partial charge in [0, 0.05) is 17.5 Å². The molecule has 0 saturated carbocycles. The highest BCUT2D eigenvalue weighted by molar-refractivity contribution is 7.89. The van der Waals surface area contributed by atoms with Gasteiger partial charge in [-0.25, -0.2) is 18.1 Å². The van der Waals surface area contributed by atoms with Crippen LogP contribution in [0.1, 0.15) is 10.6 Å². The Morgan fingerprint density at radius 1 is 1.28 bits per heavy atom. The monoisotopic (exact) mass is 302 g/mol. The molecule has 0 radical (unpaired) electrons. The van der Waals surface area contributed by atoms with Gasteiger partial charge in [-0.2, -0.15) is 0 Å². The van der Waals surface area contributed by atoms with Crippen molar-refractivity contribution in [3.05, 3.63) is 46.4 Å². The Kier molecular flexibility index (Phi) is 4.34. The van der Waals surface area contributed by atoms with E-state index >= 15 is 0 Å². The fourth-order valence-electron chi connectivity index (χ4n) is 1.34. The highest BCUT2D eigenvalue weighted by Gasteiger charge is 2.13. The van der Waals surface area contributed by atoms with E-state index in [1.54, 1.807) is 35.8 Å². The maximum absolute atomic E-state index is 12.0. The summed E-state index contributed by atoms with van der Waals surface area (Å²) in [7, 11) is -3.49. The average molecular weight is 303 g/mol. The molecule has 4 nitrogen and oxygen atoms in total. The molecule has 1 heterocycles. The minimum atomic E-state index is -3.49. The lowest BCUT2D eigenvalue weighted by Gasteiger charge is -2.05. The van der Waals surface area contributed by atoms with Gasteiger partial charge in [-0.3, -0.25) is 0 Å². The topological polar surface area (TPSA) is 59.1 Å². The van der Waals surface area contributed by atoms with Crippen molar-refractivity contribution in [1.29, 1.82) is 0 Å². The number of alkyl halides is 1. The summed E-state index contributed by atoms with van der Waals surface area (Å²) in [5, 5.41) is 2.54. The zero-order valence-corrected chi connectivity index (χ0v) is 11.7. The number of nitrogens with zero attached hydrogens (tertiary/aromatic N) is 1. The number of halogens is 1. The molecule has 2 aromatic rings. The zero-order valence-electron chi connectivity index (χ0n) is 9.34. The van der Waals surface area contributed by atoms with Crippen LogP contribution in [0, 0.1) is 0 Å². The van der Waals surface area contributed by atoms with E-state index in [2.05, 4.69) is 9.71 Å². The number of aromatic nitrogens is 1. The Labute approximate surface area is 115 Å². The number of benzene rings is 1. The molecule has 0 aliphatic rings. The molecule has 7 heteroatoms. The Bertz CT molecular complexity index is 594. The van der Waals surface area contributed by atoms with Gasteiger partial charge in [0.25, 0.3) is 0 Å². The van der Waals surface area contributed by atoms with Crippen molar-refractivity contribution in [2.45, 2.75) is 17.3 Å². The van der Waals surface area contributed by atoms with E-state index in [-0.39, 0.29) is 11.4 Å². The van der Waals surface area contributed by atoms with Crippen molar-refractivity contribution in [2.24, 2.45) is 0 Å². The number of nitrogens with one attached hydrogen (secondary N) is 1. The second-order valence-electron chi connectivity index (χ2n) is 3.53. The third-order valence-corrected chi connectivity index (χ3v) is 4.79. The van der Waals surface area contributed by atoms with Gasteiger partial charge in [-0.1, -0.05) is 12.1 Å². The largest absolute Gasteiger partial charge is 0.248 e. The Balaban J connectivity index is 2.09. The molecule has 1 aromatic carbocycles. The van der Waals surface area contributed by atoms with E-state index in [1.165, 1.54) is 11.3 Å². The molecule has 0 bridgehead atoms. The van der Waals surface area contributed by atoms with Gasteiger partial charge in [0.15, 0.2) is 0 Å². The molecular formula is C11H11ClN2O2S2. The number of thiazole rings is 1. The van der Waals surface area contributed by atoms with E-state index in [4.69, 9.17) is 11.6 Å². The van der Waals surface area contributed by atoms with Crippen LogP contribution in [0.3, 0.4) is 0 Å². The summed E-state index contributed by atoms with van der Waals surface area (Å²) >= 11 is 7.06. The SMILES string of the molecule is O=S(=O)(NCc1nccs1)c1ccc(CCl)cc1. The first-order chi connectivity index (χ1) is 8.62. The summed E-state index contributed by atoms with van der Waals surface area (Å²) in [6.45, 7) is 0.206. The molecule has 2 rings (SSSR count). The lowest BCUT2D eigenvalue weighted by Crippen LogP contribution is -2.23. The van der Waals surface area contributed by atoms with Crippen LogP contribution < -0.4 is 4.72 Å². The van der Waals surface area contributed by atoms with E-state index in [9.17, 15) is 8.42 Å². The molecule has 0 fully saturated rings. The first kappa shape index (κ1) is 13.5. The molecule has 96 valence electrons. The van der Waals surface area contributed by atoms with Gasteiger partial charge >= 0.3 is 0 Å². The molecule has 0 saturated heterocycles. The summed E-state index contributed by atoms with van der Waals surface area (Å²) in [5.74, 6) is 0.368. The molecule has 0 unspecified atom stereocenters. The van der Waals surface area contributed by atoms with Crippen LogP contribution in [0.4, 0.5) is 0 Å². The van der Waals surface area contributed by atoms with Crippen LogP contribution in [-0.2, 0) is 22.4 Å². The van der Waals surface area contributed by atoms with Crippen molar-refractivity contribution in [2.75, 3.05) is 0 Å². The molecule has 0 atom stereocenters. The predicted molar refractivity (Wildman–Crippen MR) is 72.1 cm³/mol. The highest BCUT2D eigenvalue weighted by Crippen LogP contribution is 2.13. The number of sulfonamides is 1. The lowest BCUT2D eigenvalue weighted by atomic mass is 10.2. The van der Waals surface area contributed by atoms with Crippen molar-refractivity contribution in [3.8, 4) is 0 Å². The normalized spacial score (nSPS) is 11.6. The Morgan fingerprint density at radius 2 is 2.00 bits per heavy atom. The number of hydrogen-bond acceptors (Lipinski definition) is 4. The smallest absolute Gasteiger partial charge is 0.240 e. The minimum Gasteiger partial charge on any atom is -0.248 e. The van der Waals surface area contributed by atoms with Crippen LogP contribution in [0.2, 0.25) is 0 Å². The minimum absolute atomic E-state index is 0.206. The molecule has 1 aromatic heterocycles. The zero-order chi connectivity index (χ0) is 13.0. The fourth-order valence-corrected chi connectivity index (χ4v) is 3.15. The van der Waals surface area contributed by atoms with Crippen LogP contribution >= 0.6 is 22.9 Å². The predicted octanol–water partition coefficient (Wildman–Crippen LogP) is 2.36. The third kappa shape index (κ3) is 3.29. The summed E-state index contributed by atoms with van der Waals surface area (Å²) in [4.78, 5) is 4.24. The van der Waals surface area contributed by atoms with Crippen molar-refractivity contribution in [1.82, 2.24) is 9.71 Å². The van der Waals surface area contributed by atoms with E-state index < -0.39 is 10.0 Å². The molecule has 0 spiro atoms. The van der Waals surface area contributed by atoms with E-state index in [0.717, 1.165) is 10.6 Å². The summed E-state index contributed by atoms with van der Waals surface area (Å²) in [6, 6.07) is 6.49. The lowest BCUT2D eigenvalue weighted by molar-refractivity contribution is 0.581. The van der Waals surface area contributed by atoms with Gasteiger partial charge in [0.05, 0.1) is 11.4 Å². The summed E-state index contributed by atoms with van der Waals surface area (Å²) in [6.07, 6.45) is 1.64. The molecule has 18 heavy (non-hydrogen) atoms. The quantitative estimate of drug-likeness (QED) is 0.863. The number of hydrogen-bond donors (Lipinski definition) is 1. The summed E-state index contributed by atoms with van der Waals surface area (Å²) < 4.78 is 26.4. The first-order valence-corrected chi connectivity index (χ1v) is 8.04. The Hall–Kier alpha value is -0.950. The standard InChI is InChI=1S/C11H11ClN2O2S2/c12-7-9-1-3-10(4-2-9)18(15,16)14-8-11-13-5-6-17-11/h1-6,14H,7-8H2. The van der Waals surface area contributed by atoms with Gasteiger partial charge < -0.3 is 0 Å². The van der Waals surface area contributed by atoms with Crippen LogP contribution in [0.5, 0.6) is 0 Å². The second-order valence-corrected chi connectivity index (χ2v) is 6.54. The van der Waals surface area contributed by atoms with Crippen LogP contribution in [0.15, 0.2) is 40.7 Å². The average Bonchev–Trinajstić information content (AvgIpc) is 2.90. The van der Waals surface area contributed by atoms with Crippen LogP contribution in [0.25, 0.3) is 0 Å². The first-order valence-electron chi connectivity index (χ1n) is 5.15. The summed E-state index contributed by atoms with van der Waals surface area (Å²) in [5.41, 5.74) is 0.885. The van der Waals surface area contributed by atoms with Crippen molar-refractivity contribution < 1.29 is 8.42 Å². The van der Waals surface area contributed by atoms with E-state index in [1.807, 2.05) is 0 Å². The molecule has 0 aliphatic heterocycles. The van der Waals surface area contributed by atoms with Crippen LogP contribution in [-0.4, -0.2) is 13.4 Å². The van der Waals surface area contributed by atoms with E-state index in [0.29, 0.717) is 5.88 Å². The number of rotatable bonds is 5.